The third-order valence-corrected chi connectivity index (χ3v) is 8.23. The Labute approximate surface area is 284 Å². The van der Waals surface area contributed by atoms with E-state index < -0.39 is 29.0 Å². The lowest BCUT2D eigenvalue weighted by Crippen LogP contribution is -2.49. The summed E-state index contributed by atoms with van der Waals surface area (Å²) in [6.45, 7) is 11.6. The second kappa shape index (κ2) is 13.9. The molecule has 256 valence electrons. The van der Waals surface area contributed by atoms with Crippen LogP contribution >= 0.6 is 0 Å². The van der Waals surface area contributed by atoms with Crippen LogP contribution in [0.4, 0.5) is 15.0 Å². The van der Waals surface area contributed by atoms with E-state index in [1.165, 1.54) is 23.4 Å². The lowest BCUT2D eigenvalue weighted by atomic mass is 9.98. The predicted octanol–water partition coefficient (Wildman–Crippen LogP) is 6.48. The topological polar surface area (TPSA) is 152 Å². The molecular weight excluding hydrogens is 627 g/mol. The van der Waals surface area contributed by atoms with Crippen LogP contribution in [0.5, 0.6) is 11.5 Å². The molecule has 0 aliphatic carbocycles. The minimum atomic E-state index is -1.000. The molecule has 0 spiro atoms. The highest BCUT2D eigenvalue weighted by Crippen LogP contribution is 2.35. The molecule has 0 bridgehead atoms. The van der Waals surface area contributed by atoms with Crippen LogP contribution in [0.2, 0.25) is 0 Å². The first-order chi connectivity index (χ1) is 23.2. The van der Waals surface area contributed by atoms with Gasteiger partial charge in [0.1, 0.15) is 52.4 Å². The Kier molecular flexibility index (Phi) is 9.89. The Morgan fingerprint density at radius 3 is 2.51 bits per heavy atom. The van der Waals surface area contributed by atoms with Crippen LogP contribution in [0.1, 0.15) is 54.4 Å². The maximum Gasteiger partial charge on any atom is 0.410 e. The summed E-state index contributed by atoms with van der Waals surface area (Å²) in [7, 11) is 0. The number of hydrogen-bond acceptors (Lipinski definition) is 9. The maximum absolute atomic E-state index is 15.6. The van der Waals surface area contributed by atoms with E-state index >= 15 is 4.39 Å². The van der Waals surface area contributed by atoms with Gasteiger partial charge in [-0.2, -0.15) is 10.4 Å². The number of fused-ring (bicyclic) bond motifs is 1. The van der Waals surface area contributed by atoms with Crippen molar-refractivity contribution in [1.29, 1.82) is 5.26 Å². The number of carbonyl (C=O) groups excluding carboxylic acids is 2. The summed E-state index contributed by atoms with van der Waals surface area (Å²) >= 11 is 0. The van der Waals surface area contributed by atoms with Gasteiger partial charge in [0.25, 0.3) is 5.91 Å². The fraction of sp³-hybridized carbons (Fsp3) is 0.389. The van der Waals surface area contributed by atoms with E-state index in [9.17, 15) is 14.9 Å². The van der Waals surface area contributed by atoms with Crippen LogP contribution in [0.15, 0.2) is 66.5 Å². The van der Waals surface area contributed by atoms with Crippen molar-refractivity contribution in [2.75, 3.05) is 18.8 Å². The van der Waals surface area contributed by atoms with E-state index in [1.807, 2.05) is 25.1 Å². The van der Waals surface area contributed by atoms with Crippen LogP contribution in [-0.2, 0) is 16.1 Å². The Morgan fingerprint density at radius 1 is 1.12 bits per heavy atom. The monoisotopic (exact) mass is 668 g/mol. The second-order valence-electron chi connectivity index (χ2n) is 13.4. The largest absolute Gasteiger partial charge is 0.457 e. The number of benzene rings is 2. The zero-order chi connectivity index (χ0) is 35.5. The van der Waals surface area contributed by atoms with E-state index in [0.717, 1.165) is 0 Å². The number of nitrogens with zero attached hydrogens (tertiary/aromatic N) is 7. The zero-order valence-corrected chi connectivity index (χ0v) is 28.6. The van der Waals surface area contributed by atoms with Gasteiger partial charge in [0.15, 0.2) is 5.65 Å². The molecular formula is C36H41FN8O4. The number of halogens is 1. The fourth-order valence-electron chi connectivity index (χ4n) is 6.03. The average Bonchev–Trinajstić information content (AvgIpc) is 3.65. The Bertz CT molecular complexity index is 1930. The van der Waals surface area contributed by atoms with E-state index in [2.05, 4.69) is 16.0 Å². The molecule has 3 heterocycles. The summed E-state index contributed by atoms with van der Waals surface area (Å²) in [4.78, 5) is 38.5. The molecule has 13 heteroatoms. The van der Waals surface area contributed by atoms with Crippen molar-refractivity contribution in [2.45, 2.75) is 78.1 Å². The molecule has 1 atom stereocenters. The molecule has 1 fully saturated rings. The van der Waals surface area contributed by atoms with E-state index in [4.69, 9.17) is 20.3 Å². The minimum Gasteiger partial charge on any atom is -0.457 e. The number of likely N-dealkylation sites (N-methyl/N-ethyl adjacent to an activating group) is 1. The van der Waals surface area contributed by atoms with Crippen LogP contribution in [-0.4, -0.2) is 71.8 Å². The molecule has 2 N–H and O–H groups in total. The number of carbonyl (C=O) groups is 2. The van der Waals surface area contributed by atoms with Gasteiger partial charge in [-0.15, -0.1) is 0 Å². The number of nitriles is 1. The number of para-hydroxylation sites is 1. The highest BCUT2D eigenvalue weighted by atomic mass is 19.1. The fourth-order valence-corrected chi connectivity index (χ4v) is 6.03. The van der Waals surface area contributed by atoms with E-state index in [-0.39, 0.29) is 35.2 Å². The third-order valence-electron chi connectivity index (χ3n) is 8.23. The van der Waals surface area contributed by atoms with Crippen LogP contribution in [0.3, 0.4) is 0 Å². The minimum absolute atomic E-state index is 0.0867. The number of nitrogen functional groups attached to an aromatic ring is 1. The smallest absolute Gasteiger partial charge is 0.410 e. The predicted molar refractivity (Wildman–Crippen MR) is 183 cm³/mol. The van der Waals surface area contributed by atoms with Crippen molar-refractivity contribution in [3.05, 3.63) is 72.3 Å². The molecule has 49 heavy (non-hydrogen) atoms. The third kappa shape index (κ3) is 7.64. The Balaban J connectivity index is 1.42. The first-order valence-electron chi connectivity index (χ1n) is 16.2. The number of nitrogens with two attached hydrogens (primary N) is 1. The Hall–Kier alpha value is -5.51. The first kappa shape index (κ1) is 34.8. The zero-order valence-electron chi connectivity index (χ0n) is 28.6. The van der Waals surface area contributed by atoms with Crippen molar-refractivity contribution in [2.24, 2.45) is 0 Å². The number of aromatic nitrogens is 4. The number of likely N-dealkylation sites (tertiary alicyclic amines) is 1. The molecule has 2 aromatic heterocycles. The van der Waals surface area contributed by atoms with Gasteiger partial charge in [-0.25, -0.2) is 23.8 Å². The summed E-state index contributed by atoms with van der Waals surface area (Å²) in [5.41, 5.74) is 5.32. The van der Waals surface area contributed by atoms with Gasteiger partial charge in [-0.05, 0) is 84.7 Å². The quantitative estimate of drug-likeness (QED) is 0.156. The lowest BCUT2D eigenvalue weighted by Gasteiger charge is -2.37. The molecule has 12 nitrogen and oxygen atoms in total. The van der Waals surface area contributed by atoms with Crippen molar-refractivity contribution in [3.63, 3.8) is 0 Å². The molecule has 2 aromatic carbocycles. The number of rotatable bonds is 9. The summed E-state index contributed by atoms with van der Waals surface area (Å²) < 4.78 is 28.6. The van der Waals surface area contributed by atoms with Gasteiger partial charge in [0.05, 0.1) is 23.5 Å². The second-order valence-corrected chi connectivity index (χ2v) is 13.4. The summed E-state index contributed by atoms with van der Waals surface area (Å²) in [5.74, 6) is 0.000565. The normalized spacial score (nSPS) is 15.3. The SMILES string of the molecule is CCN(C(=O)OC(C)(C)C)C(C)(C)/C=C(\C#N)C(=O)N1CCC[C@@H]1Cn1nc(-c2ccc(Oc3ccccc3)cc2F)c2c(N)ncnc21. The molecule has 0 unspecified atom stereocenters. The first-order valence-corrected chi connectivity index (χ1v) is 16.2. The van der Waals surface area contributed by atoms with Gasteiger partial charge in [-0.3, -0.25) is 9.69 Å². The standard InChI is InChI=1S/C36H41FN8O4/c1-7-44(34(47)49-35(2,3)4)36(5,6)19-23(20-38)33(46)43-17-11-12-24(43)21-45-32-29(31(39)40-22-41-32)30(42-45)27-16-15-26(18-28(27)37)48-25-13-9-8-10-14-25/h8-10,13-16,18-19,22,24H,7,11-12,17,21H2,1-6H3,(H2,39,40,41)/b23-19+/t24-/m1/s1. The average molecular weight is 669 g/mol. The lowest BCUT2D eigenvalue weighted by molar-refractivity contribution is -0.127. The maximum atomic E-state index is 15.6. The summed E-state index contributed by atoms with van der Waals surface area (Å²) in [5, 5.41) is 15.2. The van der Waals surface area contributed by atoms with Gasteiger partial charge < -0.3 is 20.1 Å². The summed E-state index contributed by atoms with van der Waals surface area (Å²) in [6.07, 6.45) is 3.63. The molecule has 0 saturated carbocycles. The van der Waals surface area contributed by atoms with Crippen LogP contribution < -0.4 is 10.5 Å². The molecule has 0 radical (unpaired) electrons. The van der Waals surface area contributed by atoms with E-state index in [1.54, 1.807) is 68.5 Å². The highest BCUT2D eigenvalue weighted by Gasteiger charge is 2.36. The van der Waals surface area contributed by atoms with Gasteiger partial charge >= 0.3 is 6.09 Å². The van der Waals surface area contributed by atoms with Gasteiger partial charge in [0.2, 0.25) is 0 Å². The molecule has 1 aliphatic heterocycles. The Morgan fingerprint density at radius 2 is 1.86 bits per heavy atom. The number of amides is 2. The van der Waals surface area contributed by atoms with Crippen molar-refractivity contribution in [1.82, 2.24) is 29.5 Å². The molecule has 2 amide bonds. The van der Waals surface area contributed by atoms with Gasteiger partial charge in [0, 0.05) is 24.7 Å². The van der Waals surface area contributed by atoms with E-state index in [0.29, 0.717) is 48.5 Å². The number of hydrogen-bond donors (Lipinski definition) is 1. The van der Waals surface area contributed by atoms with Crippen LogP contribution in [0, 0.1) is 17.1 Å². The number of ether oxygens (including phenoxy) is 2. The molecule has 5 rings (SSSR count). The molecule has 1 saturated heterocycles. The number of anilines is 1. The van der Waals surface area contributed by atoms with Gasteiger partial charge in [-0.1, -0.05) is 18.2 Å². The summed E-state index contributed by atoms with van der Waals surface area (Å²) in [6, 6.07) is 15.3. The van der Waals surface area contributed by atoms with Crippen molar-refractivity contribution in [3.8, 4) is 28.8 Å². The van der Waals surface area contributed by atoms with Crippen molar-refractivity contribution >= 4 is 28.9 Å². The van der Waals surface area contributed by atoms with Crippen LogP contribution in [0.25, 0.3) is 22.3 Å². The molecule has 1 aliphatic rings. The highest BCUT2D eigenvalue weighted by molar-refractivity contribution is 5.99. The van der Waals surface area contributed by atoms with Crippen molar-refractivity contribution < 1.29 is 23.5 Å². The molecule has 4 aromatic rings.